The maximum absolute atomic E-state index is 14.0. The molecule has 3 heterocycles. The first kappa shape index (κ1) is 20.8. The average Bonchev–Trinajstić information content (AvgIpc) is 3.17. The van der Waals surface area contributed by atoms with Gasteiger partial charge in [0, 0.05) is 57.2 Å². The molecule has 29 heavy (non-hydrogen) atoms. The van der Waals surface area contributed by atoms with Crippen LogP contribution in [0.25, 0.3) is 0 Å². The number of nitrogens with zero attached hydrogens (tertiary/aromatic N) is 4. The fourth-order valence-electron chi connectivity index (χ4n) is 3.42. The SMILES string of the molecule is CCNC(=NCCCCn1ccccc1=O)NC1CCN(c2ncccc2F)C1. The molecule has 2 aromatic heterocycles. The van der Waals surface area contributed by atoms with Crippen molar-refractivity contribution in [2.75, 3.05) is 31.1 Å². The molecule has 0 aromatic carbocycles. The lowest BCUT2D eigenvalue weighted by Crippen LogP contribution is -2.44. The van der Waals surface area contributed by atoms with Gasteiger partial charge in [-0.25, -0.2) is 9.37 Å². The largest absolute Gasteiger partial charge is 0.357 e. The van der Waals surface area contributed by atoms with Crippen molar-refractivity contribution in [2.24, 2.45) is 4.99 Å². The van der Waals surface area contributed by atoms with E-state index in [0.717, 1.165) is 38.3 Å². The van der Waals surface area contributed by atoms with Gasteiger partial charge in [-0.15, -0.1) is 0 Å². The van der Waals surface area contributed by atoms with Crippen molar-refractivity contribution < 1.29 is 4.39 Å². The number of halogens is 1. The minimum Gasteiger partial charge on any atom is -0.357 e. The number of unbranched alkanes of at least 4 members (excludes halogenated alkanes) is 1. The summed E-state index contributed by atoms with van der Waals surface area (Å²) in [5.41, 5.74) is 0.0288. The second kappa shape index (κ2) is 10.6. The Kier molecular flexibility index (Phi) is 7.61. The summed E-state index contributed by atoms with van der Waals surface area (Å²) in [7, 11) is 0. The summed E-state index contributed by atoms with van der Waals surface area (Å²) in [5, 5.41) is 6.71. The Balaban J connectivity index is 1.46. The molecule has 1 aliphatic heterocycles. The average molecular weight is 401 g/mol. The standard InChI is InChI=1S/C21H29FN6O/c1-2-23-21(25-11-4-6-14-27-13-5-3-9-19(27)29)26-17-10-15-28(16-17)20-18(22)8-7-12-24-20/h3,5,7-9,12-13,17H,2,4,6,10-11,14-16H2,1H3,(H2,23,25,26). The van der Waals surface area contributed by atoms with Crippen LogP contribution in [0.3, 0.4) is 0 Å². The maximum Gasteiger partial charge on any atom is 0.250 e. The number of nitrogens with one attached hydrogen (secondary N) is 2. The summed E-state index contributed by atoms with van der Waals surface area (Å²) in [6.07, 6.45) is 6.12. The van der Waals surface area contributed by atoms with E-state index in [4.69, 9.17) is 0 Å². The molecule has 1 saturated heterocycles. The Hall–Kier alpha value is -2.90. The lowest BCUT2D eigenvalue weighted by molar-refractivity contribution is 0.594. The van der Waals surface area contributed by atoms with Gasteiger partial charge < -0.3 is 20.1 Å². The molecular formula is C21H29FN6O. The quantitative estimate of drug-likeness (QED) is 0.403. The van der Waals surface area contributed by atoms with E-state index >= 15 is 0 Å². The number of guanidine groups is 1. The van der Waals surface area contributed by atoms with Crippen LogP contribution in [0.4, 0.5) is 10.2 Å². The van der Waals surface area contributed by atoms with E-state index in [2.05, 4.69) is 20.6 Å². The van der Waals surface area contributed by atoms with Crippen molar-refractivity contribution in [3.63, 3.8) is 0 Å². The molecule has 1 aliphatic rings. The van der Waals surface area contributed by atoms with Gasteiger partial charge in [-0.3, -0.25) is 9.79 Å². The van der Waals surface area contributed by atoms with E-state index in [9.17, 15) is 9.18 Å². The van der Waals surface area contributed by atoms with E-state index in [-0.39, 0.29) is 17.4 Å². The van der Waals surface area contributed by atoms with Crippen LogP contribution in [-0.4, -0.2) is 47.7 Å². The Bertz CT molecular complexity index is 868. The maximum atomic E-state index is 14.0. The first-order chi connectivity index (χ1) is 14.2. The second-order valence-electron chi connectivity index (χ2n) is 7.08. The fourth-order valence-corrected chi connectivity index (χ4v) is 3.42. The molecule has 156 valence electrons. The highest BCUT2D eigenvalue weighted by molar-refractivity contribution is 5.80. The Morgan fingerprint density at radius 1 is 1.31 bits per heavy atom. The number of pyridine rings is 2. The van der Waals surface area contributed by atoms with Gasteiger partial charge in [0.1, 0.15) is 0 Å². The molecule has 0 amide bonds. The highest BCUT2D eigenvalue weighted by atomic mass is 19.1. The zero-order chi connectivity index (χ0) is 20.5. The van der Waals surface area contributed by atoms with Crippen LogP contribution in [0.5, 0.6) is 0 Å². The van der Waals surface area contributed by atoms with Crippen molar-refractivity contribution in [1.29, 1.82) is 0 Å². The van der Waals surface area contributed by atoms with E-state index in [1.807, 2.05) is 24.1 Å². The third kappa shape index (κ3) is 6.04. The Morgan fingerprint density at radius 3 is 3.00 bits per heavy atom. The lowest BCUT2D eigenvalue weighted by atomic mass is 10.3. The van der Waals surface area contributed by atoms with E-state index in [1.54, 1.807) is 29.0 Å². The predicted octanol–water partition coefficient (Wildman–Crippen LogP) is 2.00. The van der Waals surface area contributed by atoms with Gasteiger partial charge in [0.25, 0.3) is 0 Å². The molecule has 8 heteroatoms. The van der Waals surface area contributed by atoms with E-state index in [1.165, 1.54) is 6.07 Å². The smallest absolute Gasteiger partial charge is 0.250 e. The summed E-state index contributed by atoms with van der Waals surface area (Å²) < 4.78 is 15.7. The zero-order valence-corrected chi connectivity index (χ0v) is 16.9. The van der Waals surface area contributed by atoms with Crippen LogP contribution in [-0.2, 0) is 6.54 Å². The number of hydrogen-bond acceptors (Lipinski definition) is 4. The molecular weight excluding hydrogens is 371 g/mol. The van der Waals surface area contributed by atoms with Crippen molar-refractivity contribution in [1.82, 2.24) is 20.2 Å². The van der Waals surface area contributed by atoms with Crippen LogP contribution < -0.4 is 21.1 Å². The van der Waals surface area contributed by atoms with Crippen molar-refractivity contribution >= 4 is 11.8 Å². The zero-order valence-electron chi connectivity index (χ0n) is 16.9. The third-order valence-electron chi connectivity index (χ3n) is 4.89. The minimum absolute atomic E-state index is 0.0288. The molecule has 0 bridgehead atoms. The van der Waals surface area contributed by atoms with Gasteiger partial charge in [0.2, 0.25) is 5.56 Å². The van der Waals surface area contributed by atoms with Crippen LogP contribution >= 0.6 is 0 Å². The molecule has 1 fully saturated rings. The van der Waals surface area contributed by atoms with E-state index in [0.29, 0.717) is 25.5 Å². The van der Waals surface area contributed by atoms with Gasteiger partial charge in [-0.2, -0.15) is 0 Å². The summed E-state index contributed by atoms with van der Waals surface area (Å²) in [6, 6.07) is 8.44. The molecule has 0 radical (unpaired) electrons. The van der Waals surface area contributed by atoms with E-state index < -0.39 is 0 Å². The summed E-state index contributed by atoms with van der Waals surface area (Å²) in [5.74, 6) is 0.902. The van der Waals surface area contributed by atoms with Crippen LogP contribution in [0, 0.1) is 5.82 Å². The third-order valence-corrected chi connectivity index (χ3v) is 4.89. The van der Waals surface area contributed by atoms with Crippen LogP contribution in [0.15, 0.2) is 52.5 Å². The molecule has 0 spiro atoms. The predicted molar refractivity (Wildman–Crippen MR) is 114 cm³/mol. The Labute approximate surface area is 170 Å². The molecule has 2 aromatic rings. The van der Waals surface area contributed by atoms with Gasteiger partial charge in [0.15, 0.2) is 17.6 Å². The van der Waals surface area contributed by atoms with Gasteiger partial charge >= 0.3 is 0 Å². The second-order valence-corrected chi connectivity index (χ2v) is 7.08. The molecule has 7 nitrogen and oxygen atoms in total. The lowest BCUT2D eigenvalue weighted by Gasteiger charge is -2.20. The summed E-state index contributed by atoms with van der Waals surface area (Å²) in [4.78, 5) is 22.5. The molecule has 0 aliphatic carbocycles. The van der Waals surface area contributed by atoms with Gasteiger partial charge in [0.05, 0.1) is 0 Å². The molecule has 2 N–H and O–H groups in total. The van der Waals surface area contributed by atoms with Gasteiger partial charge in [-0.1, -0.05) is 6.07 Å². The minimum atomic E-state index is -0.286. The highest BCUT2D eigenvalue weighted by Crippen LogP contribution is 2.20. The van der Waals surface area contributed by atoms with Crippen LogP contribution in [0.2, 0.25) is 0 Å². The fraction of sp³-hybridized carbons (Fsp3) is 0.476. The van der Waals surface area contributed by atoms with Crippen molar-refractivity contribution in [3.8, 4) is 0 Å². The van der Waals surface area contributed by atoms with Crippen molar-refractivity contribution in [3.05, 3.63) is 58.9 Å². The molecule has 0 saturated carbocycles. The molecule has 1 unspecified atom stereocenters. The van der Waals surface area contributed by atoms with Crippen LogP contribution in [0.1, 0.15) is 26.2 Å². The number of aliphatic imine (C=N–C) groups is 1. The van der Waals surface area contributed by atoms with Gasteiger partial charge in [-0.05, 0) is 44.4 Å². The molecule has 1 atom stereocenters. The topological polar surface area (TPSA) is 74.6 Å². The normalized spacial score (nSPS) is 16.8. The number of anilines is 1. The van der Waals surface area contributed by atoms with Crippen molar-refractivity contribution in [2.45, 2.75) is 38.8 Å². The monoisotopic (exact) mass is 400 g/mol. The Morgan fingerprint density at radius 2 is 2.21 bits per heavy atom. The summed E-state index contributed by atoms with van der Waals surface area (Å²) >= 11 is 0. The summed E-state index contributed by atoms with van der Waals surface area (Å²) in [6.45, 7) is 5.64. The number of rotatable bonds is 8. The highest BCUT2D eigenvalue weighted by Gasteiger charge is 2.25. The number of aromatic nitrogens is 2. The first-order valence-corrected chi connectivity index (χ1v) is 10.2. The first-order valence-electron chi connectivity index (χ1n) is 10.2. The number of aryl methyl sites for hydroxylation is 1. The molecule has 3 rings (SSSR count). The number of hydrogen-bond donors (Lipinski definition) is 2.